The first-order chi connectivity index (χ1) is 6.93. The Bertz CT molecular complexity index is 445. The lowest BCUT2D eigenvalue weighted by molar-refractivity contribution is -0.136. The van der Waals surface area contributed by atoms with Crippen LogP contribution in [-0.2, 0) is 14.8 Å². The van der Waals surface area contributed by atoms with E-state index in [1.54, 1.807) is 0 Å². The maximum Gasteiger partial charge on any atom is 0.323 e. The van der Waals surface area contributed by atoms with E-state index in [1.807, 2.05) is 4.72 Å². The number of carbonyl (C=O) groups is 1. The number of carboxylic acid groups (broad SMARTS) is 1. The molecular weight excluding hydrogens is 222 g/mol. The number of nitrogens with one attached hydrogen (secondary N) is 1. The average Bonchev–Trinajstić information content (AvgIpc) is 2.17. The lowest BCUT2D eigenvalue weighted by Gasteiger charge is -2.09. The van der Waals surface area contributed by atoms with Crippen molar-refractivity contribution < 1.29 is 18.3 Å². The van der Waals surface area contributed by atoms with Gasteiger partial charge in [0.15, 0.2) is 11.1 Å². The molecule has 0 aliphatic rings. The normalized spacial score (nSPS) is 13.1. The zero-order valence-electron chi connectivity index (χ0n) is 7.78. The van der Waals surface area contributed by atoms with Crippen LogP contribution in [0.4, 0.5) is 5.82 Å². The number of hydrogen-bond acceptors (Lipinski definition) is 5. The Morgan fingerprint density at radius 2 is 2.20 bits per heavy atom. The molecule has 0 saturated heterocycles. The highest BCUT2D eigenvalue weighted by molar-refractivity contribution is 7.94. The monoisotopic (exact) mass is 231 g/mol. The van der Waals surface area contributed by atoms with Gasteiger partial charge >= 0.3 is 5.97 Å². The van der Waals surface area contributed by atoms with Crippen molar-refractivity contribution in [2.24, 2.45) is 0 Å². The number of rotatable bonds is 4. The molecule has 0 radical (unpaired) electrons. The van der Waals surface area contributed by atoms with E-state index in [1.165, 1.54) is 18.6 Å². The van der Waals surface area contributed by atoms with Gasteiger partial charge in [0.1, 0.15) is 0 Å². The van der Waals surface area contributed by atoms with Gasteiger partial charge in [-0.2, -0.15) is 0 Å². The number of sulfonamides is 1. The van der Waals surface area contributed by atoms with Gasteiger partial charge in [-0.25, -0.2) is 13.4 Å². The van der Waals surface area contributed by atoms with Gasteiger partial charge in [-0.15, -0.1) is 0 Å². The van der Waals surface area contributed by atoms with Crippen LogP contribution in [-0.4, -0.2) is 34.7 Å². The van der Waals surface area contributed by atoms with Crippen LogP contribution in [0.15, 0.2) is 18.6 Å². The maximum atomic E-state index is 11.4. The predicted molar refractivity (Wildman–Crippen MR) is 51.7 cm³/mol. The Morgan fingerprint density at radius 3 is 2.67 bits per heavy atom. The van der Waals surface area contributed by atoms with Crippen LogP contribution in [0.3, 0.4) is 0 Å². The number of hydrogen-bond donors (Lipinski definition) is 2. The van der Waals surface area contributed by atoms with E-state index in [4.69, 9.17) is 5.11 Å². The van der Waals surface area contributed by atoms with E-state index in [0.29, 0.717) is 0 Å². The van der Waals surface area contributed by atoms with Crippen LogP contribution in [0.1, 0.15) is 6.92 Å². The molecule has 0 fully saturated rings. The minimum Gasteiger partial charge on any atom is -0.480 e. The quantitative estimate of drug-likeness (QED) is 0.735. The number of nitrogens with zero attached hydrogens (tertiary/aromatic N) is 2. The zero-order valence-corrected chi connectivity index (χ0v) is 8.60. The largest absolute Gasteiger partial charge is 0.480 e. The fourth-order valence-corrected chi connectivity index (χ4v) is 1.56. The van der Waals surface area contributed by atoms with Crippen molar-refractivity contribution in [3.8, 4) is 0 Å². The molecule has 0 spiro atoms. The summed E-state index contributed by atoms with van der Waals surface area (Å²) < 4.78 is 24.8. The molecule has 1 heterocycles. The number of aliphatic carboxylic acids is 1. The minimum absolute atomic E-state index is 0.00870. The number of aromatic nitrogens is 2. The molecule has 1 aromatic heterocycles. The van der Waals surface area contributed by atoms with Crippen LogP contribution in [0, 0.1) is 0 Å². The summed E-state index contributed by atoms with van der Waals surface area (Å²) in [5.74, 6) is -1.43. The average molecular weight is 231 g/mol. The molecular formula is C7H9N3O4S. The third-order valence-corrected chi connectivity index (χ3v) is 3.25. The maximum absolute atomic E-state index is 11.4. The highest BCUT2D eigenvalue weighted by Crippen LogP contribution is 2.06. The summed E-state index contributed by atoms with van der Waals surface area (Å²) in [6.45, 7) is 1.07. The first kappa shape index (κ1) is 11.4. The smallest absolute Gasteiger partial charge is 0.323 e. The summed E-state index contributed by atoms with van der Waals surface area (Å²) >= 11 is 0. The van der Waals surface area contributed by atoms with E-state index in [0.717, 1.165) is 6.92 Å². The van der Waals surface area contributed by atoms with Gasteiger partial charge in [0.2, 0.25) is 10.0 Å². The molecule has 1 unspecified atom stereocenters. The molecule has 1 aromatic rings. The van der Waals surface area contributed by atoms with Crippen molar-refractivity contribution in [2.45, 2.75) is 12.2 Å². The topological polar surface area (TPSA) is 109 Å². The Hall–Kier alpha value is -1.70. The van der Waals surface area contributed by atoms with E-state index < -0.39 is 21.2 Å². The highest BCUT2D eigenvalue weighted by Gasteiger charge is 2.27. The van der Waals surface area contributed by atoms with E-state index in [-0.39, 0.29) is 5.82 Å². The predicted octanol–water partition coefficient (Wildman–Crippen LogP) is -0.309. The van der Waals surface area contributed by atoms with Crippen LogP contribution in [0.5, 0.6) is 0 Å². The van der Waals surface area contributed by atoms with E-state index in [2.05, 4.69) is 9.97 Å². The molecule has 0 amide bonds. The molecule has 1 atom stereocenters. The van der Waals surface area contributed by atoms with E-state index in [9.17, 15) is 13.2 Å². The summed E-state index contributed by atoms with van der Waals surface area (Å²) in [4.78, 5) is 17.8. The molecule has 7 nitrogen and oxygen atoms in total. The second-order valence-corrected chi connectivity index (χ2v) is 4.72. The van der Waals surface area contributed by atoms with Crippen LogP contribution in [0.2, 0.25) is 0 Å². The molecule has 0 bridgehead atoms. The van der Waals surface area contributed by atoms with Crippen molar-refractivity contribution >= 4 is 21.8 Å². The Morgan fingerprint density at radius 1 is 1.53 bits per heavy atom. The molecule has 82 valence electrons. The molecule has 0 aliphatic heterocycles. The Labute approximate surface area is 86.2 Å². The third kappa shape index (κ3) is 2.88. The van der Waals surface area contributed by atoms with Gasteiger partial charge in [-0.3, -0.25) is 14.5 Å². The van der Waals surface area contributed by atoms with Crippen LogP contribution >= 0.6 is 0 Å². The van der Waals surface area contributed by atoms with Gasteiger partial charge in [0.05, 0.1) is 6.20 Å². The van der Waals surface area contributed by atoms with Crippen LogP contribution in [0.25, 0.3) is 0 Å². The van der Waals surface area contributed by atoms with Gasteiger partial charge in [-0.1, -0.05) is 0 Å². The second kappa shape index (κ2) is 4.22. The molecule has 0 aliphatic carbocycles. The van der Waals surface area contributed by atoms with E-state index >= 15 is 0 Å². The highest BCUT2D eigenvalue weighted by atomic mass is 32.2. The zero-order chi connectivity index (χ0) is 11.5. The van der Waals surface area contributed by atoms with Crippen molar-refractivity contribution in [1.82, 2.24) is 9.97 Å². The van der Waals surface area contributed by atoms with Gasteiger partial charge in [0.25, 0.3) is 0 Å². The van der Waals surface area contributed by atoms with Gasteiger partial charge in [-0.05, 0) is 6.92 Å². The molecule has 1 rings (SSSR count). The van der Waals surface area contributed by atoms with Crippen LogP contribution < -0.4 is 4.72 Å². The standard InChI is InChI=1S/C7H9N3O4S/c1-5(7(11)12)15(13,14)10-6-4-8-2-3-9-6/h2-5H,1H3,(H,9,10)(H,11,12). The Kier molecular flexibility index (Phi) is 3.20. The summed E-state index contributed by atoms with van der Waals surface area (Å²) in [7, 11) is -3.96. The van der Waals surface area contributed by atoms with Crippen molar-refractivity contribution in [3.63, 3.8) is 0 Å². The first-order valence-electron chi connectivity index (χ1n) is 3.94. The van der Waals surface area contributed by atoms with Crippen molar-refractivity contribution in [2.75, 3.05) is 4.72 Å². The number of carboxylic acids is 1. The summed E-state index contributed by atoms with van der Waals surface area (Å²) in [5.41, 5.74) is 0. The van der Waals surface area contributed by atoms with Crippen molar-refractivity contribution in [3.05, 3.63) is 18.6 Å². The third-order valence-electron chi connectivity index (χ3n) is 1.62. The summed E-state index contributed by atoms with van der Waals surface area (Å²) in [6, 6.07) is 0. The molecule has 0 aromatic carbocycles. The summed E-state index contributed by atoms with van der Waals surface area (Å²) in [6.07, 6.45) is 3.85. The molecule has 8 heteroatoms. The second-order valence-electron chi connectivity index (χ2n) is 2.72. The minimum atomic E-state index is -3.96. The molecule has 15 heavy (non-hydrogen) atoms. The van der Waals surface area contributed by atoms with Crippen molar-refractivity contribution in [1.29, 1.82) is 0 Å². The Balaban J connectivity index is 2.87. The first-order valence-corrected chi connectivity index (χ1v) is 5.48. The molecule has 2 N–H and O–H groups in total. The van der Waals surface area contributed by atoms with Gasteiger partial charge < -0.3 is 5.11 Å². The summed E-state index contributed by atoms with van der Waals surface area (Å²) in [5, 5.41) is 7.00. The lowest BCUT2D eigenvalue weighted by atomic mass is 10.5. The number of anilines is 1. The lowest BCUT2D eigenvalue weighted by Crippen LogP contribution is -2.32. The van der Waals surface area contributed by atoms with Gasteiger partial charge in [0, 0.05) is 12.4 Å². The SMILES string of the molecule is CC(C(=O)O)S(=O)(=O)Nc1cnccn1. The molecule has 0 saturated carbocycles. The fraction of sp³-hybridized carbons (Fsp3) is 0.286. The fourth-order valence-electron chi connectivity index (χ4n) is 0.719.